The first kappa shape index (κ1) is 22.4. The number of hydrogen-bond acceptors (Lipinski definition) is 7. The molecule has 3 aromatic rings. The molecule has 0 aliphatic carbocycles. The van der Waals surface area contributed by atoms with E-state index in [1.165, 1.54) is 0 Å². The van der Waals surface area contributed by atoms with E-state index in [9.17, 15) is 9.59 Å². The highest BCUT2D eigenvalue weighted by molar-refractivity contribution is 9.10. The first-order chi connectivity index (χ1) is 15.5. The van der Waals surface area contributed by atoms with Crippen molar-refractivity contribution in [2.24, 2.45) is 0 Å². The van der Waals surface area contributed by atoms with Gasteiger partial charge in [-0.25, -0.2) is 9.78 Å². The summed E-state index contributed by atoms with van der Waals surface area (Å²) < 4.78 is 11.2. The fourth-order valence-corrected chi connectivity index (χ4v) is 4.91. The average molecular weight is 516 g/mol. The van der Waals surface area contributed by atoms with Crippen LogP contribution in [0.2, 0.25) is 0 Å². The van der Waals surface area contributed by atoms with Gasteiger partial charge in [-0.1, -0.05) is 39.3 Å². The van der Waals surface area contributed by atoms with Crippen LogP contribution in [0.15, 0.2) is 50.8 Å². The van der Waals surface area contributed by atoms with Crippen molar-refractivity contribution in [3.63, 3.8) is 0 Å². The second-order valence-electron chi connectivity index (χ2n) is 7.32. The molecule has 3 heterocycles. The van der Waals surface area contributed by atoms with Crippen molar-refractivity contribution in [2.75, 3.05) is 19.7 Å². The van der Waals surface area contributed by atoms with E-state index in [4.69, 9.17) is 9.26 Å². The fourth-order valence-electron chi connectivity index (χ4n) is 3.51. The van der Waals surface area contributed by atoms with Crippen molar-refractivity contribution in [1.29, 1.82) is 0 Å². The van der Waals surface area contributed by atoms with Gasteiger partial charge in [0.2, 0.25) is 5.91 Å². The topological polar surface area (TPSA) is 85.5 Å². The number of benzene rings is 1. The van der Waals surface area contributed by atoms with Crippen LogP contribution in [0.5, 0.6) is 0 Å². The van der Waals surface area contributed by atoms with Crippen molar-refractivity contribution in [2.45, 2.75) is 25.7 Å². The molecular formula is C23H22BrN3O4S. The third-order valence-electron chi connectivity index (χ3n) is 5.24. The maximum Gasteiger partial charge on any atom is 0.360 e. The zero-order chi connectivity index (χ0) is 22.5. The molecule has 7 nitrogen and oxygen atoms in total. The van der Waals surface area contributed by atoms with Gasteiger partial charge in [-0.05, 0) is 37.5 Å². The van der Waals surface area contributed by atoms with Crippen molar-refractivity contribution < 1.29 is 18.8 Å². The van der Waals surface area contributed by atoms with Gasteiger partial charge < -0.3 is 14.2 Å². The van der Waals surface area contributed by atoms with Crippen LogP contribution in [0.1, 0.15) is 46.7 Å². The fraction of sp³-hybridized carbons (Fsp3) is 0.304. The van der Waals surface area contributed by atoms with Crippen LogP contribution in [0.3, 0.4) is 0 Å². The number of hydrogen-bond donors (Lipinski definition) is 0. The zero-order valence-corrected chi connectivity index (χ0v) is 19.9. The number of thiazole rings is 1. The Labute approximate surface area is 198 Å². The number of rotatable bonds is 6. The predicted molar refractivity (Wildman–Crippen MR) is 125 cm³/mol. The lowest BCUT2D eigenvalue weighted by Gasteiger charge is -2.30. The van der Waals surface area contributed by atoms with Crippen LogP contribution in [0.4, 0.5) is 0 Å². The van der Waals surface area contributed by atoms with Crippen molar-refractivity contribution in [3.8, 4) is 11.5 Å². The summed E-state index contributed by atoms with van der Waals surface area (Å²) in [4.78, 5) is 30.9. The normalized spacial score (nSPS) is 14.8. The van der Waals surface area contributed by atoms with Gasteiger partial charge in [-0.2, -0.15) is 0 Å². The number of ether oxygens (including phenoxy) is 1. The quantitative estimate of drug-likeness (QED) is 0.333. The smallest absolute Gasteiger partial charge is 0.360 e. The van der Waals surface area contributed by atoms with Crippen LogP contribution in [-0.2, 0) is 9.53 Å². The van der Waals surface area contributed by atoms with Crippen molar-refractivity contribution >= 4 is 45.2 Å². The minimum atomic E-state index is -0.510. The number of carbonyl (C=O) groups excluding carboxylic acids is 2. The molecule has 4 rings (SSSR count). The van der Waals surface area contributed by atoms with E-state index in [2.05, 4.69) is 26.1 Å². The molecule has 2 aromatic heterocycles. The van der Waals surface area contributed by atoms with Gasteiger partial charge in [0.1, 0.15) is 5.69 Å². The molecule has 1 saturated heterocycles. The molecule has 166 valence electrons. The summed E-state index contributed by atoms with van der Waals surface area (Å²) in [6, 6.07) is 9.35. The molecule has 9 heteroatoms. The zero-order valence-electron chi connectivity index (χ0n) is 17.5. The lowest BCUT2D eigenvalue weighted by molar-refractivity contribution is -0.126. The molecule has 0 atom stereocenters. The summed E-state index contributed by atoms with van der Waals surface area (Å²) >= 11 is 5.05. The molecule has 0 N–H and O–H groups in total. The molecule has 1 fully saturated rings. The summed E-state index contributed by atoms with van der Waals surface area (Å²) in [7, 11) is 0. The Bertz CT molecular complexity index is 1130. The van der Waals surface area contributed by atoms with E-state index in [1.54, 1.807) is 30.4 Å². The van der Waals surface area contributed by atoms with Crippen LogP contribution in [0.25, 0.3) is 17.5 Å². The van der Waals surface area contributed by atoms with Gasteiger partial charge in [-0.3, -0.25) is 4.79 Å². The predicted octanol–water partition coefficient (Wildman–Crippen LogP) is 5.16. The van der Waals surface area contributed by atoms with Crippen LogP contribution in [-0.4, -0.2) is 46.6 Å². The van der Waals surface area contributed by atoms with Crippen LogP contribution < -0.4 is 0 Å². The highest BCUT2D eigenvalue weighted by atomic mass is 79.9. The Balaban J connectivity index is 1.34. The van der Waals surface area contributed by atoms with E-state index >= 15 is 0 Å². The molecule has 0 bridgehead atoms. The molecule has 0 spiro atoms. The monoisotopic (exact) mass is 515 g/mol. The first-order valence-corrected chi connectivity index (χ1v) is 12.0. The molecule has 0 unspecified atom stereocenters. The maximum absolute atomic E-state index is 12.6. The van der Waals surface area contributed by atoms with Gasteiger partial charge in [0.15, 0.2) is 11.5 Å². The van der Waals surface area contributed by atoms with Gasteiger partial charge in [0, 0.05) is 41.0 Å². The number of likely N-dealkylation sites (tertiary alicyclic amines) is 1. The van der Waals surface area contributed by atoms with Gasteiger partial charge in [-0.15, -0.1) is 11.3 Å². The molecule has 32 heavy (non-hydrogen) atoms. The van der Waals surface area contributed by atoms with Crippen LogP contribution >= 0.6 is 27.3 Å². The molecule has 1 aliphatic rings. The Morgan fingerprint density at radius 3 is 2.84 bits per heavy atom. The van der Waals surface area contributed by atoms with Crippen LogP contribution in [0, 0.1) is 0 Å². The minimum Gasteiger partial charge on any atom is -0.461 e. The highest BCUT2D eigenvalue weighted by Gasteiger charge is 2.25. The number of carbonyl (C=O) groups is 2. The number of amides is 1. The highest BCUT2D eigenvalue weighted by Crippen LogP contribution is 2.33. The molecule has 1 aromatic carbocycles. The van der Waals surface area contributed by atoms with Gasteiger partial charge >= 0.3 is 5.97 Å². The third kappa shape index (κ3) is 5.16. The molecule has 1 aliphatic heterocycles. The Morgan fingerprint density at radius 2 is 2.09 bits per heavy atom. The molecular weight excluding hydrogens is 494 g/mol. The second-order valence-corrected chi connectivity index (χ2v) is 9.07. The van der Waals surface area contributed by atoms with Gasteiger partial charge in [0.25, 0.3) is 0 Å². The van der Waals surface area contributed by atoms with Crippen molar-refractivity contribution in [3.05, 3.63) is 62.5 Å². The third-order valence-corrected chi connectivity index (χ3v) is 6.97. The molecule has 0 radical (unpaired) electrons. The van der Waals surface area contributed by atoms with E-state index in [0.29, 0.717) is 24.5 Å². The van der Waals surface area contributed by atoms with E-state index in [1.807, 2.05) is 40.6 Å². The summed E-state index contributed by atoms with van der Waals surface area (Å²) in [6.07, 6.45) is 5.18. The summed E-state index contributed by atoms with van der Waals surface area (Å²) in [5.74, 6) is 0.244. The van der Waals surface area contributed by atoms with Gasteiger partial charge in [0.05, 0.1) is 11.6 Å². The minimum absolute atomic E-state index is 0.0205. The standard InChI is InChI=1S/C23H22BrN3O4S/c1-2-30-23(29)18-13-20(31-26-18)19-14-32-22(25-19)16-9-11-27(12-10-16)21(28)8-7-15-5-3-4-6-17(15)24/h3-8,13-14,16H,2,9-12H2,1H3/b8-7+. The molecule has 0 saturated carbocycles. The summed E-state index contributed by atoms with van der Waals surface area (Å²) in [6.45, 7) is 3.40. The number of halogens is 1. The first-order valence-electron chi connectivity index (χ1n) is 10.4. The lowest BCUT2D eigenvalue weighted by atomic mass is 9.97. The molecule has 1 amide bonds. The largest absolute Gasteiger partial charge is 0.461 e. The van der Waals surface area contributed by atoms with Crippen molar-refractivity contribution in [1.82, 2.24) is 15.0 Å². The number of piperidine rings is 1. The lowest BCUT2D eigenvalue weighted by Crippen LogP contribution is -2.36. The van der Waals surface area contributed by atoms with E-state index in [-0.39, 0.29) is 24.1 Å². The van der Waals surface area contributed by atoms with E-state index < -0.39 is 5.97 Å². The average Bonchev–Trinajstić information content (AvgIpc) is 3.49. The number of esters is 1. The summed E-state index contributed by atoms with van der Waals surface area (Å²) in [5, 5.41) is 6.68. The SMILES string of the molecule is CCOC(=O)c1cc(-c2csc(C3CCN(C(=O)/C=C/c4ccccc4Br)CC3)n2)on1. The Morgan fingerprint density at radius 1 is 1.31 bits per heavy atom. The summed E-state index contributed by atoms with van der Waals surface area (Å²) in [5.41, 5.74) is 1.77. The van der Waals surface area contributed by atoms with E-state index in [0.717, 1.165) is 27.9 Å². The Kier molecular flexibility index (Phi) is 7.16. The number of aromatic nitrogens is 2. The Hall–Kier alpha value is -2.78. The maximum atomic E-state index is 12.6. The number of nitrogens with zero attached hydrogens (tertiary/aromatic N) is 3. The second kappa shape index (κ2) is 10.2.